The second kappa shape index (κ2) is 6.26. The largest absolute Gasteiger partial charge is 0.486 e. The number of nitrogens with zero attached hydrogens (tertiary/aromatic N) is 2. The van der Waals surface area contributed by atoms with E-state index in [0.29, 0.717) is 13.1 Å². The predicted molar refractivity (Wildman–Crippen MR) is 89.6 cm³/mol. The van der Waals surface area contributed by atoms with Crippen LogP contribution in [0.1, 0.15) is 37.7 Å². The van der Waals surface area contributed by atoms with Crippen LogP contribution in [0.5, 0.6) is 5.75 Å². The van der Waals surface area contributed by atoms with Gasteiger partial charge in [-0.15, -0.1) is 0 Å². The highest BCUT2D eigenvalue weighted by atomic mass is 19.3. The maximum Gasteiger partial charge on any atom is 0.250 e. The number of ether oxygens (including phenoxy) is 1. The van der Waals surface area contributed by atoms with Crippen molar-refractivity contribution < 1.29 is 13.5 Å². The monoisotopic (exact) mass is 336 g/mol. The number of halogens is 2. The van der Waals surface area contributed by atoms with Gasteiger partial charge in [-0.25, -0.2) is 8.78 Å². The average Bonchev–Trinajstić information content (AvgIpc) is 2.84. The summed E-state index contributed by atoms with van der Waals surface area (Å²) < 4.78 is 33.0. The molecule has 4 rings (SSSR count). The van der Waals surface area contributed by atoms with Crippen molar-refractivity contribution in [1.29, 1.82) is 0 Å². The second-order valence-corrected chi connectivity index (χ2v) is 7.69. The fraction of sp³-hybridized carbons (Fsp3) is 0.684. The minimum atomic E-state index is -2.48. The second-order valence-electron chi connectivity index (χ2n) is 7.69. The van der Waals surface area contributed by atoms with Gasteiger partial charge in [0.25, 0.3) is 5.92 Å². The maximum absolute atomic E-state index is 13.3. The van der Waals surface area contributed by atoms with Gasteiger partial charge in [0.05, 0.1) is 0 Å². The smallest absolute Gasteiger partial charge is 0.250 e. The molecule has 0 amide bonds. The zero-order valence-corrected chi connectivity index (χ0v) is 14.1. The third-order valence-corrected chi connectivity index (χ3v) is 5.73. The van der Waals surface area contributed by atoms with Gasteiger partial charge in [-0.1, -0.05) is 12.1 Å². The first-order valence-electron chi connectivity index (χ1n) is 9.13. The number of rotatable bonds is 4. The third kappa shape index (κ3) is 3.57. The lowest BCUT2D eigenvalue weighted by molar-refractivity contribution is -0.0566. The Kier molecular flexibility index (Phi) is 4.25. The standard InChI is InChI=1S/C19H26F2N2O/c20-19(21)7-11-22(12-8-19)14-16-3-1-4-17(13-16)24-18-5-2-9-23(15-18)10-6-18/h1,3-4,13H,2,5-12,14-15H2. The quantitative estimate of drug-likeness (QED) is 0.836. The van der Waals surface area contributed by atoms with Gasteiger partial charge in [0.2, 0.25) is 0 Å². The molecular formula is C19H26F2N2O. The molecule has 24 heavy (non-hydrogen) atoms. The average molecular weight is 336 g/mol. The number of benzene rings is 1. The minimum absolute atomic E-state index is 0.00987. The van der Waals surface area contributed by atoms with E-state index in [4.69, 9.17) is 4.74 Å². The summed E-state index contributed by atoms with van der Waals surface area (Å²) in [6, 6.07) is 8.22. The first-order valence-corrected chi connectivity index (χ1v) is 9.13. The lowest BCUT2D eigenvalue weighted by Crippen LogP contribution is -2.43. The van der Waals surface area contributed by atoms with Crippen LogP contribution in [0.15, 0.2) is 24.3 Å². The van der Waals surface area contributed by atoms with Crippen molar-refractivity contribution in [1.82, 2.24) is 9.80 Å². The van der Waals surface area contributed by atoms with Gasteiger partial charge in [-0.05, 0) is 37.1 Å². The molecule has 0 saturated carbocycles. The number of hydrogen-bond donors (Lipinski definition) is 0. The molecule has 2 unspecified atom stereocenters. The van der Waals surface area contributed by atoms with Crippen molar-refractivity contribution in [3.63, 3.8) is 0 Å². The Morgan fingerprint density at radius 3 is 2.67 bits per heavy atom. The number of piperidine rings is 2. The highest BCUT2D eigenvalue weighted by Crippen LogP contribution is 2.36. The lowest BCUT2D eigenvalue weighted by Gasteiger charge is -2.35. The number of alkyl halides is 2. The molecule has 3 nitrogen and oxygen atoms in total. The molecule has 2 atom stereocenters. The Morgan fingerprint density at radius 1 is 1.00 bits per heavy atom. The molecule has 1 aromatic rings. The van der Waals surface area contributed by atoms with Gasteiger partial charge in [0.15, 0.2) is 0 Å². The van der Waals surface area contributed by atoms with E-state index in [1.807, 2.05) is 12.1 Å². The van der Waals surface area contributed by atoms with E-state index in [2.05, 4.69) is 21.9 Å². The van der Waals surface area contributed by atoms with Gasteiger partial charge >= 0.3 is 0 Å². The molecule has 0 spiro atoms. The highest BCUT2D eigenvalue weighted by Gasteiger charge is 2.42. The van der Waals surface area contributed by atoms with Crippen molar-refractivity contribution in [2.24, 2.45) is 0 Å². The van der Waals surface area contributed by atoms with Gasteiger partial charge in [-0.3, -0.25) is 9.80 Å². The van der Waals surface area contributed by atoms with Gasteiger partial charge in [0, 0.05) is 52.0 Å². The summed E-state index contributed by atoms with van der Waals surface area (Å²) in [5.74, 6) is -1.55. The third-order valence-electron chi connectivity index (χ3n) is 5.73. The van der Waals surface area contributed by atoms with Crippen molar-refractivity contribution in [3.8, 4) is 5.75 Å². The topological polar surface area (TPSA) is 15.7 Å². The molecule has 5 heteroatoms. The molecule has 3 fully saturated rings. The SMILES string of the molecule is FC1(F)CCN(Cc2cccc(OC34CCCN(CC3)C4)c2)CC1. The van der Waals surface area contributed by atoms with Crippen LogP contribution in [-0.4, -0.2) is 54.0 Å². The van der Waals surface area contributed by atoms with E-state index in [1.54, 1.807) is 0 Å². The molecule has 0 aliphatic carbocycles. The molecular weight excluding hydrogens is 310 g/mol. The van der Waals surface area contributed by atoms with E-state index in [-0.39, 0.29) is 18.4 Å². The Bertz CT molecular complexity index is 580. The molecule has 3 saturated heterocycles. The van der Waals surface area contributed by atoms with Crippen LogP contribution >= 0.6 is 0 Å². The lowest BCUT2D eigenvalue weighted by atomic mass is 9.94. The number of fused-ring (bicyclic) bond motifs is 2. The summed E-state index contributed by atoms with van der Waals surface area (Å²) in [7, 11) is 0. The van der Waals surface area contributed by atoms with Crippen LogP contribution in [-0.2, 0) is 6.54 Å². The molecule has 0 aromatic heterocycles. The van der Waals surface area contributed by atoms with Crippen molar-refractivity contribution in [2.45, 2.75) is 50.2 Å². The molecule has 3 heterocycles. The highest BCUT2D eigenvalue weighted by molar-refractivity contribution is 5.29. The zero-order valence-electron chi connectivity index (χ0n) is 14.1. The summed E-state index contributed by atoms with van der Waals surface area (Å²) in [6.07, 6.45) is 3.40. The van der Waals surface area contributed by atoms with E-state index < -0.39 is 5.92 Å². The zero-order chi connectivity index (χ0) is 16.6. The first-order chi connectivity index (χ1) is 11.5. The first kappa shape index (κ1) is 16.3. The van der Waals surface area contributed by atoms with Crippen LogP contribution in [0, 0.1) is 0 Å². The molecule has 2 bridgehead atoms. The molecule has 3 aliphatic heterocycles. The Hall–Kier alpha value is -1.20. The van der Waals surface area contributed by atoms with Crippen LogP contribution in [0.3, 0.4) is 0 Å². The maximum atomic E-state index is 13.3. The molecule has 3 aliphatic rings. The molecule has 0 N–H and O–H groups in total. The number of hydrogen-bond acceptors (Lipinski definition) is 3. The van der Waals surface area contributed by atoms with Crippen LogP contribution in [0.4, 0.5) is 8.78 Å². The Morgan fingerprint density at radius 2 is 1.83 bits per heavy atom. The van der Waals surface area contributed by atoms with Crippen LogP contribution < -0.4 is 4.74 Å². The van der Waals surface area contributed by atoms with Crippen molar-refractivity contribution in [3.05, 3.63) is 29.8 Å². The predicted octanol–water partition coefficient (Wildman–Crippen LogP) is 3.53. The van der Waals surface area contributed by atoms with Crippen molar-refractivity contribution in [2.75, 3.05) is 32.7 Å². The number of likely N-dealkylation sites (tertiary alicyclic amines) is 1. The fourth-order valence-electron chi connectivity index (χ4n) is 4.34. The Balaban J connectivity index is 1.39. The van der Waals surface area contributed by atoms with Crippen LogP contribution in [0.25, 0.3) is 0 Å². The van der Waals surface area contributed by atoms with Gasteiger partial charge in [-0.2, -0.15) is 0 Å². The van der Waals surface area contributed by atoms with Crippen molar-refractivity contribution >= 4 is 0 Å². The summed E-state index contributed by atoms with van der Waals surface area (Å²) in [4.78, 5) is 4.61. The fourth-order valence-corrected chi connectivity index (χ4v) is 4.34. The Labute approximate surface area is 142 Å². The molecule has 0 radical (unpaired) electrons. The van der Waals surface area contributed by atoms with Gasteiger partial charge in [0.1, 0.15) is 11.4 Å². The van der Waals surface area contributed by atoms with Crippen LogP contribution in [0.2, 0.25) is 0 Å². The summed E-state index contributed by atoms with van der Waals surface area (Å²) in [6.45, 7) is 5.05. The van der Waals surface area contributed by atoms with E-state index in [0.717, 1.165) is 43.8 Å². The normalized spacial score (nSPS) is 32.7. The van der Waals surface area contributed by atoms with E-state index in [9.17, 15) is 8.78 Å². The summed E-state index contributed by atoms with van der Waals surface area (Å²) >= 11 is 0. The van der Waals surface area contributed by atoms with Gasteiger partial charge < -0.3 is 4.74 Å². The molecule has 1 aromatic carbocycles. The minimum Gasteiger partial charge on any atom is -0.486 e. The molecule has 132 valence electrons. The summed E-state index contributed by atoms with van der Waals surface area (Å²) in [5.41, 5.74) is 1.14. The van der Waals surface area contributed by atoms with E-state index >= 15 is 0 Å². The van der Waals surface area contributed by atoms with E-state index in [1.165, 1.54) is 13.0 Å². The summed E-state index contributed by atoms with van der Waals surface area (Å²) in [5, 5.41) is 0.